The average molecular weight is 424 g/mol. The number of nitrogens with zero attached hydrogens (tertiary/aromatic N) is 2. The van der Waals surface area contributed by atoms with Gasteiger partial charge in [0.05, 0.1) is 7.11 Å². The van der Waals surface area contributed by atoms with Crippen LogP contribution in [-0.4, -0.2) is 56.3 Å². The van der Waals surface area contributed by atoms with Crippen molar-refractivity contribution in [2.45, 2.75) is 51.1 Å². The monoisotopic (exact) mass is 424 g/mol. The van der Waals surface area contributed by atoms with Crippen molar-refractivity contribution in [1.82, 2.24) is 15.5 Å². The fourth-order valence-corrected chi connectivity index (χ4v) is 2.99. The molecule has 1 aliphatic heterocycles. The van der Waals surface area contributed by atoms with Gasteiger partial charge in [0.2, 0.25) is 0 Å². The molecule has 6 nitrogen and oxygen atoms in total. The minimum atomic E-state index is -0.226. The van der Waals surface area contributed by atoms with Crippen LogP contribution in [0.3, 0.4) is 0 Å². The number of rotatable bonds is 4. The molecule has 22 heavy (non-hydrogen) atoms. The number of nitrogens with one attached hydrogen (secondary N) is 2. The van der Waals surface area contributed by atoms with E-state index in [-0.39, 0.29) is 30.1 Å². The molecular weight excluding hydrogens is 395 g/mol. The summed E-state index contributed by atoms with van der Waals surface area (Å²) in [5.74, 6) is 1.71. The summed E-state index contributed by atoms with van der Waals surface area (Å²) in [6.45, 7) is 3.71. The zero-order valence-corrected chi connectivity index (χ0v) is 16.1. The maximum absolute atomic E-state index is 11.5. The van der Waals surface area contributed by atoms with E-state index >= 15 is 0 Å². The van der Waals surface area contributed by atoms with Crippen LogP contribution in [0, 0.1) is 5.92 Å². The minimum Gasteiger partial charge on any atom is -0.453 e. The van der Waals surface area contributed by atoms with Gasteiger partial charge in [0, 0.05) is 32.2 Å². The maximum atomic E-state index is 11.5. The number of hydrogen-bond acceptors (Lipinski definition) is 3. The Morgan fingerprint density at radius 2 is 2.00 bits per heavy atom. The maximum Gasteiger partial charge on any atom is 0.409 e. The lowest BCUT2D eigenvalue weighted by Gasteiger charge is -2.32. The van der Waals surface area contributed by atoms with E-state index in [1.807, 2.05) is 7.05 Å². The van der Waals surface area contributed by atoms with E-state index in [2.05, 4.69) is 22.5 Å². The Kier molecular flexibility index (Phi) is 8.27. The zero-order chi connectivity index (χ0) is 15.2. The SMILES string of the molecule is CCCC1CC1NC(=NC)NC1CCN(C(=O)OC)CC1.I. The molecule has 0 spiro atoms. The number of ether oxygens (including phenoxy) is 1. The first kappa shape index (κ1) is 19.3. The molecule has 2 unspecified atom stereocenters. The summed E-state index contributed by atoms with van der Waals surface area (Å²) >= 11 is 0. The van der Waals surface area contributed by atoms with Gasteiger partial charge in [0.1, 0.15) is 0 Å². The molecule has 1 saturated carbocycles. The van der Waals surface area contributed by atoms with Crippen molar-refractivity contribution in [3.63, 3.8) is 0 Å². The number of piperidine rings is 1. The zero-order valence-electron chi connectivity index (χ0n) is 13.8. The molecule has 2 rings (SSSR count). The lowest BCUT2D eigenvalue weighted by Crippen LogP contribution is -2.50. The number of aliphatic imine (C=N–C) groups is 1. The van der Waals surface area contributed by atoms with E-state index in [0.717, 1.165) is 37.8 Å². The standard InChI is InChI=1S/C15H28N4O2.HI/c1-4-5-11-10-13(11)18-14(16-2)17-12-6-8-19(9-7-12)15(20)21-3;/h11-13H,4-10H2,1-3H3,(H2,16,17,18);1H. The Morgan fingerprint density at radius 1 is 1.32 bits per heavy atom. The van der Waals surface area contributed by atoms with Crippen molar-refractivity contribution >= 4 is 36.0 Å². The first-order valence-corrected chi connectivity index (χ1v) is 8.00. The third-order valence-electron chi connectivity index (χ3n) is 4.40. The quantitative estimate of drug-likeness (QED) is 0.413. The highest BCUT2D eigenvalue weighted by molar-refractivity contribution is 14.0. The Labute approximate surface area is 150 Å². The molecule has 2 atom stereocenters. The Bertz CT molecular complexity index is 384. The van der Waals surface area contributed by atoms with Gasteiger partial charge < -0.3 is 20.3 Å². The lowest BCUT2D eigenvalue weighted by atomic mass is 10.1. The number of hydrogen-bond donors (Lipinski definition) is 2. The van der Waals surface area contributed by atoms with Crippen molar-refractivity contribution < 1.29 is 9.53 Å². The van der Waals surface area contributed by atoms with Crippen LogP contribution in [0.15, 0.2) is 4.99 Å². The van der Waals surface area contributed by atoms with Gasteiger partial charge in [-0.3, -0.25) is 4.99 Å². The Hall–Kier alpha value is -0.730. The van der Waals surface area contributed by atoms with Crippen LogP contribution in [0.5, 0.6) is 0 Å². The molecular formula is C15H29IN4O2. The first-order valence-electron chi connectivity index (χ1n) is 8.00. The summed E-state index contributed by atoms with van der Waals surface area (Å²) < 4.78 is 4.75. The highest BCUT2D eigenvalue weighted by Crippen LogP contribution is 2.34. The summed E-state index contributed by atoms with van der Waals surface area (Å²) in [4.78, 5) is 17.5. The minimum absolute atomic E-state index is 0. The molecule has 0 bridgehead atoms. The molecule has 0 aromatic heterocycles. The molecule has 1 heterocycles. The lowest BCUT2D eigenvalue weighted by molar-refractivity contribution is 0.111. The van der Waals surface area contributed by atoms with Gasteiger partial charge in [-0.15, -0.1) is 24.0 Å². The van der Waals surface area contributed by atoms with Gasteiger partial charge in [0.15, 0.2) is 5.96 Å². The number of carbonyl (C=O) groups excluding carboxylic acids is 1. The third kappa shape index (κ3) is 5.48. The van der Waals surface area contributed by atoms with Crippen molar-refractivity contribution in [3.8, 4) is 0 Å². The number of guanidine groups is 1. The summed E-state index contributed by atoms with van der Waals surface area (Å²) in [5, 5.41) is 6.98. The molecule has 2 aliphatic rings. The van der Waals surface area contributed by atoms with Gasteiger partial charge in [-0.1, -0.05) is 13.3 Å². The van der Waals surface area contributed by atoms with Crippen LogP contribution in [0.4, 0.5) is 4.79 Å². The fraction of sp³-hybridized carbons (Fsp3) is 0.867. The second-order valence-electron chi connectivity index (χ2n) is 5.98. The van der Waals surface area contributed by atoms with Crippen molar-refractivity contribution in [3.05, 3.63) is 0 Å². The van der Waals surface area contributed by atoms with E-state index in [0.29, 0.717) is 12.1 Å². The molecule has 1 aliphatic carbocycles. The average Bonchev–Trinajstić information content (AvgIpc) is 3.24. The fourth-order valence-electron chi connectivity index (χ4n) is 2.99. The first-order chi connectivity index (χ1) is 10.2. The van der Waals surface area contributed by atoms with Gasteiger partial charge in [-0.25, -0.2) is 4.79 Å². The smallest absolute Gasteiger partial charge is 0.409 e. The van der Waals surface area contributed by atoms with Gasteiger partial charge in [-0.05, 0) is 31.6 Å². The van der Waals surface area contributed by atoms with Crippen LogP contribution < -0.4 is 10.6 Å². The molecule has 1 saturated heterocycles. The number of likely N-dealkylation sites (tertiary alicyclic amines) is 1. The summed E-state index contributed by atoms with van der Waals surface area (Å²) in [7, 11) is 3.25. The van der Waals surface area contributed by atoms with Gasteiger partial charge in [0.25, 0.3) is 0 Å². The highest BCUT2D eigenvalue weighted by atomic mass is 127. The predicted molar refractivity (Wildman–Crippen MR) is 98.8 cm³/mol. The van der Waals surface area contributed by atoms with Gasteiger partial charge >= 0.3 is 6.09 Å². The second kappa shape index (κ2) is 9.42. The van der Waals surface area contributed by atoms with Crippen LogP contribution in [0.2, 0.25) is 0 Å². The number of amides is 1. The molecule has 0 aromatic rings. The number of carbonyl (C=O) groups is 1. The van der Waals surface area contributed by atoms with Crippen molar-refractivity contribution in [2.75, 3.05) is 27.2 Å². The number of methoxy groups -OCH3 is 1. The van der Waals surface area contributed by atoms with Crippen LogP contribution in [-0.2, 0) is 4.74 Å². The van der Waals surface area contributed by atoms with E-state index in [1.165, 1.54) is 26.4 Å². The van der Waals surface area contributed by atoms with E-state index < -0.39 is 0 Å². The topological polar surface area (TPSA) is 66.0 Å². The normalized spacial score (nSPS) is 25.2. The molecule has 0 aromatic carbocycles. The highest BCUT2D eigenvalue weighted by Gasteiger charge is 2.37. The van der Waals surface area contributed by atoms with Crippen molar-refractivity contribution in [2.24, 2.45) is 10.9 Å². The van der Waals surface area contributed by atoms with E-state index in [4.69, 9.17) is 4.74 Å². The second-order valence-corrected chi connectivity index (χ2v) is 5.98. The van der Waals surface area contributed by atoms with E-state index in [1.54, 1.807) is 4.90 Å². The predicted octanol–water partition coefficient (Wildman–Crippen LogP) is 2.19. The van der Waals surface area contributed by atoms with E-state index in [9.17, 15) is 4.79 Å². The van der Waals surface area contributed by atoms with Crippen LogP contribution in [0.1, 0.15) is 39.0 Å². The molecule has 128 valence electrons. The number of halogens is 1. The molecule has 7 heteroatoms. The summed E-state index contributed by atoms with van der Waals surface area (Å²) in [5.41, 5.74) is 0. The van der Waals surface area contributed by atoms with Crippen LogP contribution in [0.25, 0.3) is 0 Å². The molecule has 1 amide bonds. The third-order valence-corrected chi connectivity index (χ3v) is 4.40. The molecule has 2 N–H and O–H groups in total. The van der Waals surface area contributed by atoms with Crippen molar-refractivity contribution in [1.29, 1.82) is 0 Å². The Balaban J connectivity index is 0.00000242. The summed E-state index contributed by atoms with van der Waals surface area (Å²) in [6, 6.07) is 0.965. The largest absolute Gasteiger partial charge is 0.453 e. The Morgan fingerprint density at radius 3 is 2.55 bits per heavy atom. The van der Waals surface area contributed by atoms with Crippen LogP contribution >= 0.6 is 24.0 Å². The summed E-state index contributed by atoms with van der Waals surface area (Å²) in [6.07, 6.45) is 5.44. The molecule has 2 fully saturated rings. The van der Waals surface area contributed by atoms with Gasteiger partial charge in [-0.2, -0.15) is 0 Å². The molecule has 0 radical (unpaired) electrons.